The van der Waals surface area contributed by atoms with E-state index < -0.39 is 5.41 Å². The van der Waals surface area contributed by atoms with Crippen LogP contribution in [0.1, 0.15) is 33.6 Å². The lowest BCUT2D eigenvalue weighted by Gasteiger charge is -2.32. The van der Waals surface area contributed by atoms with E-state index >= 15 is 0 Å². The van der Waals surface area contributed by atoms with E-state index in [1.807, 2.05) is 20.8 Å². The van der Waals surface area contributed by atoms with Crippen LogP contribution in [0.25, 0.3) is 0 Å². The molecule has 1 heterocycles. The van der Waals surface area contributed by atoms with Crippen LogP contribution in [-0.4, -0.2) is 43.4 Å². The number of nitrogens with two attached hydrogens (primary N) is 1. The smallest absolute Gasteiger partial charge is 0.229 e. The highest BCUT2D eigenvalue weighted by atomic mass is 16.5. The molecule has 0 aromatic heterocycles. The highest BCUT2D eigenvalue weighted by molar-refractivity contribution is 5.83. The molecule has 4 N–H and O–H groups in total. The van der Waals surface area contributed by atoms with Crippen molar-refractivity contribution in [3.8, 4) is 0 Å². The first-order valence-corrected chi connectivity index (χ1v) is 6.66. The molecule has 0 bridgehead atoms. The van der Waals surface area contributed by atoms with E-state index in [1.165, 1.54) is 0 Å². The maximum absolute atomic E-state index is 12.2. The van der Waals surface area contributed by atoms with Crippen LogP contribution < -0.4 is 11.1 Å². The molecule has 2 unspecified atom stereocenters. The number of amides is 1. The van der Waals surface area contributed by atoms with E-state index in [0.29, 0.717) is 19.8 Å². The Balaban J connectivity index is 2.60. The van der Waals surface area contributed by atoms with Crippen LogP contribution in [-0.2, 0) is 9.53 Å². The van der Waals surface area contributed by atoms with Crippen molar-refractivity contribution in [1.29, 1.82) is 0 Å². The largest absolute Gasteiger partial charge is 0.396 e. The molecule has 1 saturated heterocycles. The van der Waals surface area contributed by atoms with Crippen molar-refractivity contribution in [2.75, 3.05) is 26.4 Å². The third-order valence-corrected chi connectivity index (χ3v) is 4.50. The summed E-state index contributed by atoms with van der Waals surface area (Å²) in [6.45, 7) is 7.24. The Morgan fingerprint density at radius 2 is 2.17 bits per heavy atom. The van der Waals surface area contributed by atoms with Gasteiger partial charge in [0.1, 0.15) is 0 Å². The lowest BCUT2D eigenvalue weighted by atomic mass is 9.81. The van der Waals surface area contributed by atoms with Gasteiger partial charge in [-0.25, -0.2) is 0 Å². The first-order valence-electron chi connectivity index (χ1n) is 6.66. The molecule has 5 heteroatoms. The summed E-state index contributed by atoms with van der Waals surface area (Å²) in [5, 5.41) is 12.4. The Morgan fingerprint density at radius 1 is 1.56 bits per heavy atom. The van der Waals surface area contributed by atoms with Crippen molar-refractivity contribution in [2.24, 2.45) is 16.6 Å². The summed E-state index contributed by atoms with van der Waals surface area (Å²) in [6, 6.07) is -0.260. The van der Waals surface area contributed by atoms with Crippen LogP contribution in [0.3, 0.4) is 0 Å². The average molecular weight is 258 g/mol. The van der Waals surface area contributed by atoms with Crippen LogP contribution in [0.5, 0.6) is 0 Å². The second-order valence-electron chi connectivity index (χ2n) is 5.59. The highest BCUT2D eigenvalue weighted by Gasteiger charge is 2.44. The fourth-order valence-corrected chi connectivity index (χ4v) is 2.17. The van der Waals surface area contributed by atoms with Crippen molar-refractivity contribution in [3.63, 3.8) is 0 Å². The summed E-state index contributed by atoms with van der Waals surface area (Å²) >= 11 is 0. The highest BCUT2D eigenvalue weighted by Crippen LogP contribution is 2.29. The van der Waals surface area contributed by atoms with Gasteiger partial charge in [0.2, 0.25) is 5.91 Å². The lowest BCUT2D eigenvalue weighted by Crippen LogP contribution is -2.52. The second kappa shape index (κ2) is 5.99. The minimum absolute atomic E-state index is 0.0766. The summed E-state index contributed by atoms with van der Waals surface area (Å²) in [7, 11) is 0. The Kier molecular flexibility index (Phi) is 5.13. The molecule has 2 atom stereocenters. The number of ether oxygens (including phenoxy) is 1. The molecule has 0 aromatic carbocycles. The summed E-state index contributed by atoms with van der Waals surface area (Å²) in [5.41, 5.74) is 5.04. The summed E-state index contributed by atoms with van der Waals surface area (Å²) in [6.07, 6.45) is 1.67. The van der Waals surface area contributed by atoms with Crippen LogP contribution in [0.4, 0.5) is 0 Å². The van der Waals surface area contributed by atoms with Crippen LogP contribution in [0.15, 0.2) is 0 Å². The van der Waals surface area contributed by atoms with Gasteiger partial charge >= 0.3 is 0 Å². The quantitative estimate of drug-likeness (QED) is 0.638. The first kappa shape index (κ1) is 15.4. The minimum Gasteiger partial charge on any atom is -0.396 e. The van der Waals surface area contributed by atoms with Crippen molar-refractivity contribution >= 4 is 5.91 Å². The zero-order valence-corrected chi connectivity index (χ0v) is 11.7. The predicted molar refractivity (Wildman–Crippen MR) is 70.0 cm³/mol. The van der Waals surface area contributed by atoms with E-state index in [1.54, 1.807) is 0 Å². The Morgan fingerprint density at radius 3 is 2.56 bits per heavy atom. The molecule has 0 saturated carbocycles. The van der Waals surface area contributed by atoms with E-state index in [2.05, 4.69) is 5.32 Å². The fourth-order valence-electron chi connectivity index (χ4n) is 2.17. The van der Waals surface area contributed by atoms with E-state index in [4.69, 9.17) is 10.5 Å². The van der Waals surface area contributed by atoms with E-state index in [9.17, 15) is 9.90 Å². The van der Waals surface area contributed by atoms with Gasteiger partial charge in [-0.1, -0.05) is 13.8 Å². The third kappa shape index (κ3) is 2.84. The summed E-state index contributed by atoms with van der Waals surface area (Å²) < 4.78 is 5.27. The molecular weight excluding hydrogens is 232 g/mol. The molecule has 1 fully saturated rings. The molecule has 0 aromatic rings. The number of carbonyl (C=O) groups is 1. The summed E-state index contributed by atoms with van der Waals surface area (Å²) in [4.78, 5) is 12.2. The molecule has 1 rings (SSSR count). The molecule has 0 aliphatic carbocycles. The van der Waals surface area contributed by atoms with Gasteiger partial charge in [-0.3, -0.25) is 4.79 Å². The number of aliphatic hydroxyl groups is 1. The normalized spacial score (nSPS) is 28.4. The Hall–Kier alpha value is -0.650. The van der Waals surface area contributed by atoms with Crippen molar-refractivity contribution in [3.05, 3.63) is 0 Å². The first-order chi connectivity index (χ1) is 8.44. The van der Waals surface area contributed by atoms with Crippen molar-refractivity contribution in [2.45, 2.75) is 39.7 Å². The van der Waals surface area contributed by atoms with Gasteiger partial charge in [-0.15, -0.1) is 0 Å². The maximum atomic E-state index is 12.2. The lowest BCUT2D eigenvalue weighted by molar-refractivity contribution is -0.131. The molecular formula is C13H26N2O3. The zero-order valence-electron chi connectivity index (χ0n) is 11.7. The molecule has 1 amide bonds. The maximum Gasteiger partial charge on any atom is 0.229 e. The standard InChI is InChI=1S/C13H26N2O3/c1-4-13(5-2,8-16)7-15-11(17)12(3)9-18-6-10(12)14/h10,16H,4-9,14H2,1-3H3,(H,15,17). The minimum atomic E-state index is -0.650. The van der Waals surface area contributed by atoms with Gasteiger partial charge in [0.05, 0.1) is 25.2 Å². The number of hydrogen-bond acceptors (Lipinski definition) is 4. The molecule has 0 radical (unpaired) electrons. The van der Waals surface area contributed by atoms with Crippen LogP contribution in [0, 0.1) is 10.8 Å². The Labute approximate surface area is 109 Å². The molecule has 1 aliphatic heterocycles. The van der Waals surface area contributed by atoms with Crippen molar-refractivity contribution < 1.29 is 14.6 Å². The SMILES string of the molecule is CCC(CC)(CO)CNC(=O)C1(C)COCC1N. The van der Waals surface area contributed by atoms with Gasteiger partial charge in [0, 0.05) is 18.0 Å². The number of hydrogen-bond donors (Lipinski definition) is 3. The zero-order chi connectivity index (χ0) is 13.8. The van der Waals surface area contributed by atoms with Gasteiger partial charge in [-0.2, -0.15) is 0 Å². The topological polar surface area (TPSA) is 84.6 Å². The number of nitrogens with one attached hydrogen (secondary N) is 1. The molecule has 5 nitrogen and oxygen atoms in total. The fraction of sp³-hybridized carbons (Fsp3) is 0.923. The molecule has 1 aliphatic rings. The van der Waals surface area contributed by atoms with Gasteiger partial charge < -0.3 is 20.9 Å². The van der Waals surface area contributed by atoms with Crippen LogP contribution in [0.2, 0.25) is 0 Å². The van der Waals surface area contributed by atoms with Gasteiger partial charge in [-0.05, 0) is 19.8 Å². The third-order valence-electron chi connectivity index (χ3n) is 4.50. The number of carbonyl (C=O) groups excluding carboxylic acids is 1. The Bertz CT molecular complexity index is 284. The van der Waals surface area contributed by atoms with E-state index in [0.717, 1.165) is 12.8 Å². The van der Waals surface area contributed by atoms with E-state index in [-0.39, 0.29) is 24.0 Å². The summed E-state index contributed by atoms with van der Waals surface area (Å²) in [5.74, 6) is -0.0766. The van der Waals surface area contributed by atoms with Gasteiger partial charge in [0.25, 0.3) is 0 Å². The van der Waals surface area contributed by atoms with Crippen LogP contribution >= 0.6 is 0 Å². The molecule has 18 heavy (non-hydrogen) atoms. The second-order valence-corrected chi connectivity index (χ2v) is 5.59. The van der Waals surface area contributed by atoms with Crippen molar-refractivity contribution in [1.82, 2.24) is 5.32 Å². The average Bonchev–Trinajstić information content (AvgIpc) is 2.73. The molecule has 0 spiro atoms. The van der Waals surface area contributed by atoms with Gasteiger partial charge in [0.15, 0.2) is 0 Å². The predicted octanol–water partition coefficient (Wildman–Crippen LogP) is 0.265. The number of rotatable bonds is 6. The monoisotopic (exact) mass is 258 g/mol. The number of aliphatic hydroxyl groups excluding tert-OH is 1. The molecule has 106 valence electrons.